The van der Waals surface area contributed by atoms with Gasteiger partial charge in [0, 0.05) is 19.3 Å². The van der Waals surface area contributed by atoms with Gasteiger partial charge < -0.3 is 15.5 Å². The maximum atomic E-state index is 7.57. The van der Waals surface area contributed by atoms with Crippen LogP contribution in [0.2, 0.25) is 0 Å². The van der Waals surface area contributed by atoms with Crippen LogP contribution in [0.15, 0.2) is 0 Å². The third-order valence-electron chi connectivity index (χ3n) is 2.01. The standard InChI is InChI=1S/C7H15N.2C2H6O/c1-8-7-5-3-2-4-6-7;2*1-2-3/h7-8H,2-6H2,1H3;2*3H,2H2,1H3. The van der Waals surface area contributed by atoms with Crippen LogP contribution < -0.4 is 5.32 Å². The van der Waals surface area contributed by atoms with Crippen LogP contribution in [0, 0.1) is 0 Å². The molecule has 0 heterocycles. The molecule has 3 nitrogen and oxygen atoms in total. The summed E-state index contributed by atoms with van der Waals surface area (Å²) in [5, 5.41) is 18.4. The maximum absolute atomic E-state index is 7.57. The zero-order valence-corrected chi connectivity index (χ0v) is 9.92. The second kappa shape index (κ2) is 15.4. The van der Waals surface area contributed by atoms with Gasteiger partial charge in [0.2, 0.25) is 0 Å². The predicted molar refractivity (Wildman–Crippen MR) is 61.5 cm³/mol. The number of aliphatic hydroxyl groups is 2. The van der Waals surface area contributed by atoms with E-state index in [1.807, 2.05) is 0 Å². The van der Waals surface area contributed by atoms with Gasteiger partial charge in [0.05, 0.1) is 0 Å². The molecule has 3 heteroatoms. The molecule has 0 aromatic rings. The van der Waals surface area contributed by atoms with Crippen molar-refractivity contribution in [2.45, 2.75) is 52.0 Å². The summed E-state index contributed by atoms with van der Waals surface area (Å²) in [7, 11) is 2.07. The highest BCUT2D eigenvalue weighted by Gasteiger charge is 2.09. The lowest BCUT2D eigenvalue weighted by Crippen LogP contribution is -2.26. The first-order valence-corrected chi connectivity index (χ1v) is 5.65. The van der Waals surface area contributed by atoms with Gasteiger partial charge in [-0.1, -0.05) is 19.3 Å². The number of aliphatic hydroxyl groups excluding tert-OH is 2. The van der Waals surface area contributed by atoms with E-state index in [2.05, 4.69) is 12.4 Å². The van der Waals surface area contributed by atoms with Gasteiger partial charge in [0.15, 0.2) is 0 Å². The van der Waals surface area contributed by atoms with Crippen molar-refractivity contribution < 1.29 is 10.2 Å². The van der Waals surface area contributed by atoms with Gasteiger partial charge in [-0.15, -0.1) is 0 Å². The minimum Gasteiger partial charge on any atom is -0.397 e. The van der Waals surface area contributed by atoms with Gasteiger partial charge in [0.1, 0.15) is 0 Å². The van der Waals surface area contributed by atoms with E-state index in [4.69, 9.17) is 10.2 Å². The smallest absolute Gasteiger partial charge is 0.0402 e. The quantitative estimate of drug-likeness (QED) is 0.608. The first kappa shape index (κ1) is 16.3. The van der Waals surface area contributed by atoms with Crippen LogP contribution in [0.5, 0.6) is 0 Å². The van der Waals surface area contributed by atoms with Gasteiger partial charge >= 0.3 is 0 Å². The fourth-order valence-corrected chi connectivity index (χ4v) is 1.39. The molecule has 0 aromatic heterocycles. The third-order valence-corrected chi connectivity index (χ3v) is 2.01. The van der Waals surface area contributed by atoms with Crippen molar-refractivity contribution in [3.63, 3.8) is 0 Å². The molecule has 0 spiro atoms. The molecule has 1 aliphatic carbocycles. The lowest BCUT2D eigenvalue weighted by molar-refractivity contribution is 0.318. The van der Waals surface area contributed by atoms with E-state index < -0.39 is 0 Å². The van der Waals surface area contributed by atoms with Crippen LogP contribution in [-0.4, -0.2) is 36.5 Å². The molecule has 1 aliphatic rings. The molecule has 3 N–H and O–H groups in total. The fourth-order valence-electron chi connectivity index (χ4n) is 1.39. The Morgan fingerprint density at radius 2 is 1.36 bits per heavy atom. The van der Waals surface area contributed by atoms with E-state index in [1.54, 1.807) is 13.8 Å². The topological polar surface area (TPSA) is 52.5 Å². The molecule has 0 bridgehead atoms. The Kier molecular flexibility index (Phi) is 17.9. The van der Waals surface area contributed by atoms with E-state index in [1.165, 1.54) is 32.1 Å². The third kappa shape index (κ3) is 14.4. The second-order valence-electron chi connectivity index (χ2n) is 3.26. The van der Waals surface area contributed by atoms with E-state index in [-0.39, 0.29) is 13.2 Å². The fraction of sp³-hybridized carbons (Fsp3) is 1.00. The molecule has 14 heavy (non-hydrogen) atoms. The summed E-state index contributed by atoms with van der Waals surface area (Å²) in [6, 6.07) is 0.837. The van der Waals surface area contributed by atoms with Crippen LogP contribution in [0.25, 0.3) is 0 Å². The Morgan fingerprint density at radius 3 is 1.57 bits per heavy atom. The highest BCUT2D eigenvalue weighted by molar-refractivity contribution is 4.68. The van der Waals surface area contributed by atoms with Crippen molar-refractivity contribution in [3.8, 4) is 0 Å². The zero-order valence-electron chi connectivity index (χ0n) is 9.92. The zero-order chi connectivity index (χ0) is 11.2. The average molecular weight is 205 g/mol. The van der Waals surface area contributed by atoms with Crippen molar-refractivity contribution >= 4 is 0 Å². The summed E-state index contributed by atoms with van der Waals surface area (Å²) in [5.74, 6) is 0. The number of rotatable bonds is 1. The Labute approximate surface area is 88.5 Å². The van der Waals surface area contributed by atoms with E-state index in [0.29, 0.717) is 0 Å². The SMILES string of the molecule is CCO.CCO.CNC1CCCCC1. The molecule has 0 aromatic carbocycles. The number of hydrogen-bond donors (Lipinski definition) is 3. The Hall–Kier alpha value is -0.120. The summed E-state index contributed by atoms with van der Waals surface area (Å²) >= 11 is 0. The second-order valence-corrected chi connectivity index (χ2v) is 3.26. The van der Waals surface area contributed by atoms with Gasteiger partial charge in [-0.05, 0) is 33.7 Å². The van der Waals surface area contributed by atoms with Gasteiger partial charge in [0.25, 0.3) is 0 Å². The van der Waals surface area contributed by atoms with Crippen LogP contribution in [0.3, 0.4) is 0 Å². The molecule has 0 saturated heterocycles. The van der Waals surface area contributed by atoms with Crippen LogP contribution >= 0.6 is 0 Å². The molecule has 1 saturated carbocycles. The molecular weight excluding hydrogens is 178 g/mol. The number of hydrogen-bond acceptors (Lipinski definition) is 3. The van der Waals surface area contributed by atoms with Crippen molar-refractivity contribution in [1.82, 2.24) is 5.32 Å². The average Bonchev–Trinajstić information content (AvgIpc) is 2.21. The predicted octanol–water partition coefficient (Wildman–Crippen LogP) is 1.54. The highest BCUT2D eigenvalue weighted by Crippen LogP contribution is 2.16. The molecule has 0 unspecified atom stereocenters. The van der Waals surface area contributed by atoms with Crippen molar-refractivity contribution in [2.75, 3.05) is 20.3 Å². The number of nitrogens with one attached hydrogen (secondary N) is 1. The first-order chi connectivity index (χ1) is 6.76. The molecule has 88 valence electrons. The lowest BCUT2D eigenvalue weighted by Gasteiger charge is -2.20. The normalized spacial score (nSPS) is 16.1. The maximum Gasteiger partial charge on any atom is 0.0402 e. The molecule has 0 radical (unpaired) electrons. The van der Waals surface area contributed by atoms with Crippen LogP contribution in [-0.2, 0) is 0 Å². The minimum absolute atomic E-state index is 0.250. The summed E-state index contributed by atoms with van der Waals surface area (Å²) in [6.45, 7) is 3.86. The molecular formula is C11H27NO2. The van der Waals surface area contributed by atoms with Gasteiger partial charge in [-0.25, -0.2) is 0 Å². The van der Waals surface area contributed by atoms with Crippen molar-refractivity contribution in [1.29, 1.82) is 0 Å². The lowest BCUT2D eigenvalue weighted by atomic mass is 9.96. The molecule has 0 aliphatic heterocycles. The first-order valence-electron chi connectivity index (χ1n) is 5.65. The summed E-state index contributed by atoms with van der Waals surface area (Å²) in [4.78, 5) is 0. The monoisotopic (exact) mass is 205 g/mol. The minimum atomic E-state index is 0.250. The van der Waals surface area contributed by atoms with Crippen LogP contribution in [0.1, 0.15) is 46.0 Å². The van der Waals surface area contributed by atoms with Crippen molar-refractivity contribution in [2.24, 2.45) is 0 Å². The molecule has 1 fully saturated rings. The van der Waals surface area contributed by atoms with E-state index in [0.717, 1.165) is 6.04 Å². The summed E-state index contributed by atoms with van der Waals surface area (Å²) in [5.41, 5.74) is 0. The Morgan fingerprint density at radius 1 is 1.00 bits per heavy atom. The summed E-state index contributed by atoms with van der Waals surface area (Å²) in [6.07, 6.45) is 7.13. The van der Waals surface area contributed by atoms with Gasteiger partial charge in [-0.3, -0.25) is 0 Å². The van der Waals surface area contributed by atoms with E-state index in [9.17, 15) is 0 Å². The van der Waals surface area contributed by atoms with Gasteiger partial charge in [-0.2, -0.15) is 0 Å². The van der Waals surface area contributed by atoms with Crippen LogP contribution in [0.4, 0.5) is 0 Å². The Balaban J connectivity index is 0. The summed E-state index contributed by atoms with van der Waals surface area (Å²) < 4.78 is 0. The molecule has 1 rings (SSSR count). The van der Waals surface area contributed by atoms with E-state index >= 15 is 0 Å². The highest BCUT2D eigenvalue weighted by atomic mass is 16.3. The van der Waals surface area contributed by atoms with Crippen molar-refractivity contribution in [3.05, 3.63) is 0 Å². The molecule has 0 amide bonds. The largest absolute Gasteiger partial charge is 0.397 e. The molecule has 0 atom stereocenters. The Bertz CT molecular complexity index is 81.4.